The zero-order valence-electron chi connectivity index (χ0n) is 42.7. The summed E-state index contributed by atoms with van der Waals surface area (Å²) < 4.78 is 5.84. The van der Waals surface area contributed by atoms with E-state index < -0.39 is 18.2 Å². The number of rotatable bonds is 50. The number of allylic oxidation sites excluding steroid dienone is 7. The Balaban J connectivity index is 4.53. The van der Waals surface area contributed by atoms with E-state index in [0.717, 1.165) is 64.2 Å². The van der Waals surface area contributed by atoms with Gasteiger partial charge in [0.2, 0.25) is 5.91 Å². The van der Waals surface area contributed by atoms with Crippen LogP contribution in [0.2, 0.25) is 0 Å². The van der Waals surface area contributed by atoms with Gasteiger partial charge in [-0.3, -0.25) is 9.59 Å². The van der Waals surface area contributed by atoms with Crippen LogP contribution in [0.25, 0.3) is 0 Å². The molecule has 3 unspecified atom stereocenters. The second-order valence-electron chi connectivity index (χ2n) is 19.0. The molecular formula is C58H107NO5. The minimum absolute atomic E-state index is 0.0308. The Morgan fingerprint density at radius 3 is 1.27 bits per heavy atom. The fourth-order valence-electron chi connectivity index (χ4n) is 8.37. The monoisotopic (exact) mass is 898 g/mol. The van der Waals surface area contributed by atoms with Gasteiger partial charge in [0.1, 0.15) is 6.10 Å². The molecule has 3 atom stereocenters. The molecule has 0 spiro atoms. The van der Waals surface area contributed by atoms with Crippen molar-refractivity contribution >= 4 is 11.9 Å². The van der Waals surface area contributed by atoms with Crippen molar-refractivity contribution in [3.63, 3.8) is 0 Å². The van der Waals surface area contributed by atoms with Gasteiger partial charge in [-0.15, -0.1) is 0 Å². The van der Waals surface area contributed by atoms with Crippen molar-refractivity contribution in [1.82, 2.24) is 5.32 Å². The van der Waals surface area contributed by atoms with Gasteiger partial charge in [0.05, 0.1) is 25.2 Å². The molecule has 0 aliphatic heterocycles. The molecule has 0 saturated carbocycles. The Kier molecular flexibility index (Phi) is 50.0. The van der Waals surface area contributed by atoms with E-state index in [0.29, 0.717) is 12.8 Å². The second-order valence-corrected chi connectivity index (χ2v) is 19.0. The van der Waals surface area contributed by atoms with E-state index in [-0.39, 0.29) is 24.9 Å². The first-order chi connectivity index (χ1) is 31.5. The highest BCUT2D eigenvalue weighted by Crippen LogP contribution is 2.17. The van der Waals surface area contributed by atoms with Crippen LogP contribution in [0.15, 0.2) is 48.6 Å². The van der Waals surface area contributed by atoms with Gasteiger partial charge in [0, 0.05) is 6.42 Å². The highest BCUT2D eigenvalue weighted by molar-refractivity contribution is 5.78. The smallest absolute Gasteiger partial charge is 0.306 e. The molecule has 6 heteroatoms. The van der Waals surface area contributed by atoms with Crippen LogP contribution in [-0.2, 0) is 14.3 Å². The zero-order valence-corrected chi connectivity index (χ0v) is 42.7. The van der Waals surface area contributed by atoms with E-state index in [1.165, 1.54) is 180 Å². The van der Waals surface area contributed by atoms with Crippen molar-refractivity contribution in [2.24, 2.45) is 0 Å². The summed E-state index contributed by atoms with van der Waals surface area (Å²) in [5, 5.41) is 23.8. The molecule has 0 aliphatic rings. The van der Waals surface area contributed by atoms with Crippen LogP contribution < -0.4 is 5.32 Å². The van der Waals surface area contributed by atoms with E-state index in [1.807, 2.05) is 12.2 Å². The third-order valence-corrected chi connectivity index (χ3v) is 12.6. The fourth-order valence-corrected chi connectivity index (χ4v) is 8.37. The summed E-state index contributed by atoms with van der Waals surface area (Å²) in [6, 6.07) is -0.734. The van der Waals surface area contributed by atoms with Gasteiger partial charge >= 0.3 is 5.97 Å². The number of amides is 1. The molecule has 6 nitrogen and oxygen atoms in total. The lowest BCUT2D eigenvalue weighted by Crippen LogP contribution is -2.46. The van der Waals surface area contributed by atoms with Gasteiger partial charge in [0.15, 0.2) is 0 Å². The lowest BCUT2D eigenvalue weighted by Gasteiger charge is -2.23. The van der Waals surface area contributed by atoms with Gasteiger partial charge in [-0.25, -0.2) is 0 Å². The van der Waals surface area contributed by atoms with Crippen LogP contribution >= 0.6 is 0 Å². The molecule has 0 radical (unpaired) electrons. The third-order valence-electron chi connectivity index (χ3n) is 12.6. The molecule has 0 fully saturated rings. The van der Waals surface area contributed by atoms with E-state index in [1.54, 1.807) is 0 Å². The quantitative estimate of drug-likeness (QED) is 0.0321. The maximum absolute atomic E-state index is 13.2. The lowest BCUT2D eigenvalue weighted by molar-refractivity contribution is -0.148. The maximum atomic E-state index is 13.2. The summed E-state index contributed by atoms with van der Waals surface area (Å²) in [7, 11) is 0. The molecule has 0 aliphatic carbocycles. The number of ether oxygens (including phenoxy) is 1. The first kappa shape index (κ1) is 61.8. The average molecular weight is 898 g/mol. The van der Waals surface area contributed by atoms with Gasteiger partial charge in [-0.1, -0.05) is 250 Å². The molecule has 0 heterocycles. The van der Waals surface area contributed by atoms with Crippen LogP contribution in [0.4, 0.5) is 0 Å². The minimum Gasteiger partial charge on any atom is -0.458 e. The number of hydrogen-bond donors (Lipinski definition) is 3. The molecular weight excluding hydrogens is 791 g/mol. The molecule has 3 N–H and O–H groups in total. The number of esters is 1. The molecule has 0 saturated heterocycles. The molecule has 0 aromatic heterocycles. The zero-order chi connectivity index (χ0) is 46.7. The lowest BCUT2D eigenvalue weighted by atomic mass is 10.0. The van der Waals surface area contributed by atoms with Crippen LogP contribution in [0.3, 0.4) is 0 Å². The molecule has 0 aromatic rings. The number of aliphatic hydroxyl groups is 2. The topological polar surface area (TPSA) is 95.9 Å². The SMILES string of the molecule is CCCCC/C=C\C/C=C\CCCCCCCCCC(=O)OC(/C=C/C/C=C\CCCCCCCC)CC(=O)NC(CO)C(O)CCCCCCCCCCCCCCCCCCC. The van der Waals surface area contributed by atoms with Crippen LogP contribution in [0.5, 0.6) is 0 Å². The van der Waals surface area contributed by atoms with E-state index in [2.05, 4.69) is 62.5 Å². The average Bonchev–Trinajstić information content (AvgIpc) is 3.29. The normalized spacial score (nSPS) is 13.5. The number of carbonyl (C=O) groups excluding carboxylic acids is 2. The van der Waals surface area contributed by atoms with Crippen molar-refractivity contribution < 1.29 is 24.5 Å². The van der Waals surface area contributed by atoms with E-state index in [9.17, 15) is 19.8 Å². The van der Waals surface area contributed by atoms with Gasteiger partial charge in [-0.05, 0) is 70.3 Å². The highest BCUT2D eigenvalue weighted by Gasteiger charge is 2.23. The molecule has 0 aromatic carbocycles. The molecule has 64 heavy (non-hydrogen) atoms. The Morgan fingerprint density at radius 2 is 0.828 bits per heavy atom. The van der Waals surface area contributed by atoms with Crippen LogP contribution in [0, 0.1) is 0 Å². The standard InChI is InChI=1S/C58H107NO5/c1-4-7-10-13-16-19-22-24-26-28-30-32-35-38-41-44-47-50-56(61)55(53-60)59-57(62)52-54(49-46-43-40-37-34-21-18-15-12-9-6-3)64-58(63)51-48-45-42-39-36-33-31-29-27-25-23-20-17-14-11-8-5-2/h17,20,25,27,37,40,46,49,54-56,60-61H,4-16,18-19,21-24,26,28-36,38-39,41-45,47-48,50-53H2,1-3H3,(H,59,62)/b20-17-,27-25-,40-37-,49-46+. The van der Waals surface area contributed by atoms with Crippen LogP contribution in [-0.4, -0.2) is 46.9 Å². The van der Waals surface area contributed by atoms with Crippen molar-refractivity contribution in [3.8, 4) is 0 Å². The number of aliphatic hydroxyl groups excluding tert-OH is 2. The van der Waals surface area contributed by atoms with Crippen molar-refractivity contribution in [2.45, 2.75) is 302 Å². The van der Waals surface area contributed by atoms with E-state index >= 15 is 0 Å². The van der Waals surface area contributed by atoms with Crippen molar-refractivity contribution in [1.29, 1.82) is 0 Å². The summed E-state index contributed by atoms with van der Waals surface area (Å²) in [6.07, 6.45) is 63.5. The Bertz CT molecular complexity index is 1100. The van der Waals surface area contributed by atoms with Gasteiger partial charge < -0.3 is 20.3 Å². The summed E-state index contributed by atoms with van der Waals surface area (Å²) in [6.45, 7) is 6.44. The number of hydrogen-bond acceptors (Lipinski definition) is 5. The highest BCUT2D eigenvalue weighted by atomic mass is 16.5. The summed E-state index contributed by atoms with van der Waals surface area (Å²) in [4.78, 5) is 26.1. The van der Waals surface area contributed by atoms with Gasteiger partial charge in [0.25, 0.3) is 0 Å². The third kappa shape index (κ3) is 46.4. The first-order valence-corrected chi connectivity index (χ1v) is 27.9. The summed E-state index contributed by atoms with van der Waals surface area (Å²) in [5.74, 6) is -0.604. The largest absolute Gasteiger partial charge is 0.458 e. The molecule has 1 amide bonds. The minimum atomic E-state index is -0.812. The molecule has 0 bridgehead atoms. The van der Waals surface area contributed by atoms with Crippen LogP contribution in [0.1, 0.15) is 284 Å². The van der Waals surface area contributed by atoms with Crippen molar-refractivity contribution in [2.75, 3.05) is 6.61 Å². The Hall–Kier alpha value is -2.18. The molecule has 0 rings (SSSR count). The summed E-state index contributed by atoms with van der Waals surface area (Å²) in [5.41, 5.74) is 0. The predicted molar refractivity (Wildman–Crippen MR) is 278 cm³/mol. The Labute approximate surface area is 397 Å². The number of nitrogens with one attached hydrogen (secondary N) is 1. The van der Waals surface area contributed by atoms with Crippen molar-refractivity contribution in [3.05, 3.63) is 48.6 Å². The number of carbonyl (C=O) groups is 2. The summed E-state index contributed by atoms with van der Waals surface area (Å²) >= 11 is 0. The van der Waals surface area contributed by atoms with Gasteiger partial charge in [-0.2, -0.15) is 0 Å². The second kappa shape index (κ2) is 51.8. The number of unbranched alkanes of at least 4 members (excludes halogenated alkanes) is 32. The fraction of sp³-hybridized carbons (Fsp3) is 0.828. The molecule has 374 valence electrons. The van der Waals surface area contributed by atoms with E-state index in [4.69, 9.17) is 4.74 Å². The Morgan fingerprint density at radius 1 is 0.469 bits per heavy atom. The maximum Gasteiger partial charge on any atom is 0.306 e. The first-order valence-electron chi connectivity index (χ1n) is 27.9. The predicted octanol–water partition coefficient (Wildman–Crippen LogP) is 17.0.